The number of anilines is 1. The molecule has 6 heteroatoms. The number of fused-ring (bicyclic) bond motifs is 1. The van der Waals surface area contributed by atoms with E-state index < -0.39 is 0 Å². The number of carbonyl (C=O) groups is 1. The van der Waals surface area contributed by atoms with Crippen LogP contribution in [0.4, 0.5) is 10.6 Å². The molecule has 0 spiro atoms. The average molecular weight is 280 g/mol. The normalized spacial score (nSPS) is 22.1. The molecule has 0 saturated carbocycles. The van der Waals surface area contributed by atoms with Crippen molar-refractivity contribution in [3.63, 3.8) is 0 Å². The number of hydrogen-bond acceptors (Lipinski definition) is 4. The first kappa shape index (κ1) is 14.8. The van der Waals surface area contributed by atoms with Crippen LogP contribution in [-0.2, 0) is 11.8 Å². The van der Waals surface area contributed by atoms with E-state index in [0.717, 1.165) is 30.0 Å². The van der Waals surface area contributed by atoms with Crippen molar-refractivity contribution in [2.24, 2.45) is 7.05 Å². The van der Waals surface area contributed by atoms with Crippen LogP contribution in [0.2, 0.25) is 0 Å². The first-order valence-corrected chi connectivity index (χ1v) is 7.03. The average Bonchev–Trinajstić information content (AvgIpc) is 2.71. The number of amides is 1. The summed E-state index contributed by atoms with van der Waals surface area (Å²) < 4.78 is 6.72. The lowest BCUT2D eigenvalue weighted by Crippen LogP contribution is -2.46. The van der Waals surface area contributed by atoms with Gasteiger partial charge in [0.15, 0.2) is 0 Å². The first-order chi connectivity index (χ1) is 9.42. The van der Waals surface area contributed by atoms with Crippen molar-refractivity contribution in [3.05, 3.63) is 11.3 Å². The summed E-state index contributed by atoms with van der Waals surface area (Å²) in [5, 5.41) is 4.50. The van der Waals surface area contributed by atoms with Crippen molar-refractivity contribution < 1.29 is 9.53 Å². The van der Waals surface area contributed by atoms with Crippen LogP contribution in [0, 0.1) is 6.92 Å². The van der Waals surface area contributed by atoms with Gasteiger partial charge in [0.05, 0.1) is 12.8 Å². The summed E-state index contributed by atoms with van der Waals surface area (Å²) in [6.07, 6.45) is 0.568. The molecule has 1 aliphatic heterocycles. The Kier molecular flexibility index (Phi) is 4.04. The molecule has 2 atom stereocenters. The standard InChI is InChI=1S/C14H24N4O2/c1-7-16(4)11-8-9(2)18(14(19)20-6)13-12(11)10(3)15-17(13)5/h9,11H,7-8H2,1-6H3. The van der Waals surface area contributed by atoms with Gasteiger partial charge in [0.2, 0.25) is 0 Å². The highest BCUT2D eigenvalue weighted by Gasteiger charge is 2.39. The van der Waals surface area contributed by atoms with Gasteiger partial charge in [-0.1, -0.05) is 6.92 Å². The third-order valence-electron chi connectivity index (χ3n) is 4.21. The first-order valence-electron chi connectivity index (χ1n) is 7.03. The van der Waals surface area contributed by atoms with Crippen molar-refractivity contribution in [1.29, 1.82) is 0 Å². The molecule has 20 heavy (non-hydrogen) atoms. The Bertz CT molecular complexity index is 512. The molecule has 6 nitrogen and oxygen atoms in total. The van der Waals surface area contributed by atoms with Gasteiger partial charge in [-0.25, -0.2) is 4.79 Å². The number of aryl methyl sites for hydroxylation is 2. The summed E-state index contributed by atoms with van der Waals surface area (Å²) in [5.74, 6) is 0.860. The molecule has 0 aliphatic carbocycles. The van der Waals surface area contributed by atoms with E-state index in [-0.39, 0.29) is 12.1 Å². The molecular weight excluding hydrogens is 256 g/mol. The van der Waals surface area contributed by atoms with Crippen LogP contribution >= 0.6 is 0 Å². The van der Waals surface area contributed by atoms with Crippen LogP contribution < -0.4 is 4.90 Å². The maximum absolute atomic E-state index is 12.1. The summed E-state index contributed by atoms with van der Waals surface area (Å²) in [4.78, 5) is 16.1. The topological polar surface area (TPSA) is 50.6 Å². The van der Waals surface area contributed by atoms with Crippen molar-refractivity contribution in [2.45, 2.75) is 39.3 Å². The number of hydrogen-bond donors (Lipinski definition) is 0. The maximum atomic E-state index is 12.1. The molecule has 0 bridgehead atoms. The highest BCUT2D eigenvalue weighted by Crippen LogP contribution is 2.41. The molecule has 0 aromatic carbocycles. The number of rotatable bonds is 2. The van der Waals surface area contributed by atoms with Crippen LogP contribution in [-0.4, -0.2) is 47.5 Å². The largest absolute Gasteiger partial charge is 0.452 e. The third kappa shape index (κ3) is 2.18. The number of aromatic nitrogens is 2. The molecule has 2 unspecified atom stereocenters. The van der Waals surface area contributed by atoms with Crippen LogP contribution in [0.15, 0.2) is 0 Å². The zero-order valence-corrected chi connectivity index (χ0v) is 13.2. The molecule has 1 amide bonds. The summed E-state index contributed by atoms with van der Waals surface area (Å²) in [5.41, 5.74) is 2.12. The number of nitrogens with zero attached hydrogens (tertiary/aromatic N) is 4. The smallest absolute Gasteiger partial charge is 0.415 e. The molecule has 2 heterocycles. The highest BCUT2D eigenvalue weighted by molar-refractivity contribution is 5.89. The quantitative estimate of drug-likeness (QED) is 0.832. The van der Waals surface area contributed by atoms with E-state index in [1.54, 1.807) is 9.58 Å². The van der Waals surface area contributed by atoms with E-state index in [1.807, 2.05) is 14.0 Å². The van der Waals surface area contributed by atoms with Crippen molar-refractivity contribution >= 4 is 11.9 Å². The van der Waals surface area contributed by atoms with Gasteiger partial charge in [-0.2, -0.15) is 5.10 Å². The maximum Gasteiger partial charge on any atom is 0.415 e. The van der Waals surface area contributed by atoms with Gasteiger partial charge in [0.25, 0.3) is 0 Å². The van der Waals surface area contributed by atoms with Crippen molar-refractivity contribution in [3.8, 4) is 0 Å². The summed E-state index contributed by atoms with van der Waals surface area (Å²) in [6.45, 7) is 7.16. The second-order valence-electron chi connectivity index (χ2n) is 5.46. The van der Waals surface area contributed by atoms with Gasteiger partial charge in [0, 0.05) is 24.7 Å². The fourth-order valence-corrected chi connectivity index (χ4v) is 3.08. The van der Waals surface area contributed by atoms with Gasteiger partial charge in [-0.15, -0.1) is 0 Å². The van der Waals surface area contributed by atoms with E-state index in [4.69, 9.17) is 4.74 Å². The fourth-order valence-electron chi connectivity index (χ4n) is 3.08. The second kappa shape index (κ2) is 5.44. The molecule has 1 aromatic heterocycles. The van der Waals surface area contributed by atoms with Gasteiger partial charge < -0.3 is 4.74 Å². The molecule has 1 aliphatic rings. The summed E-state index contributed by atoms with van der Waals surface area (Å²) >= 11 is 0. The fraction of sp³-hybridized carbons (Fsp3) is 0.714. The Hall–Kier alpha value is -1.56. The van der Waals surface area contributed by atoms with Crippen LogP contribution in [0.1, 0.15) is 37.6 Å². The Labute approximate surface area is 120 Å². The summed E-state index contributed by atoms with van der Waals surface area (Å²) in [7, 11) is 5.41. The van der Waals surface area contributed by atoms with Gasteiger partial charge in [-0.3, -0.25) is 14.5 Å². The van der Waals surface area contributed by atoms with Gasteiger partial charge >= 0.3 is 6.09 Å². The Morgan fingerprint density at radius 1 is 1.55 bits per heavy atom. The van der Waals surface area contributed by atoms with Gasteiger partial charge in [0.1, 0.15) is 5.82 Å². The number of ether oxygens (including phenoxy) is 1. The monoisotopic (exact) mass is 280 g/mol. The molecule has 0 fully saturated rings. The third-order valence-corrected chi connectivity index (χ3v) is 4.21. The molecule has 0 radical (unpaired) electrons. The Morgan fingerprint density at radius 3 is 2.75 bits per heavy atom. The number of carbonyl (C=O) groups excluding carboxylic acids is 1. The molecule has 112 valence electrons. The molecule has 0 saturated heterocycles. The van der Waals surface area contributed by atoms with Crippen LogP contribution in [0.3, 0.4) is 0 Å². The zero-order chi connectivity index (χ0) is 15.0. The number of methoxy groups -OCH3 is 1. The lowest BCUT2D eigenvalue weighted by Gasteiger charge is -2.40. The molecule has 1 aromatic rings. The van der Waals surface area contributed by atoms with E-state index >= 15 is 0 Å². The zero-order valence-electron chi connectivity index (χ0n) is 13.2. The van der Waals surface area contributed by atoms with Crippen LogP contribution in [0.25, 0.3) is 0 Å². The minimum absolute atomic E-state index is 0.0868. The summed E-state index contributed by atoms with van der Waals surface area (Å²) in [6, 6.07) is 0.378. The Balaban J connectivity index is 2.56. The predicted molar refractivity (Wildman–Crippen MR) is 78.0 cm³/mol. The lowest BCUT2D eigenvalue weighted by molar-refractivity contribution is 0.168. The minimum Gasteiger partial charge on any atom is -0.452 e. The molecule has 0 N–H and O–H groups in total. The highest BCUT2D eigenvalue weighted by atomic mass is 16.5. The van der Waals surface area contributed by atoms with Crippen molar-refractivity contribution in [2.75, 3.05) is 25.6 Å². The molecular formula is C14H24N4O2. The van der Waals surface area contributed by atoms with Gasteiger partial charge in [-0.05, 0) is 33.9 Å². The van der Waals surface area contributed by atoms with E-state index in [1.165, 1.54) is 7.11 Å². The van der Waals surface area contributed by atoms with Crippen molar-refractivity contribution in [1.82, 2.24) is 14.7 Å². The van der Waals surface area contributed by atoms with E-state index in [9.17, 15) is 4.79 Å². The minimum atomic E-state index is -0.320. The van der Waals surface area contributed by atoms with Crippen LogP contribution in [0.5, 0.6) is 0 Å². The second-order valence-corrected chi connectivity index (χ2v) is 5.46. The SMILES string of the molecule is CCN(C)C1CC(C)N(C(=O)OC)c2c1c(C)nn2C. The lowest BCUT2D eigenvalue weighted by atomic mass is 9.93. The predicted octanol–water partition coefficient (Wildman–Crippen LogP) is 2.09. The van der Waals surface area contributed by atoms with E-state index in [0.29, 0.717) is 6.04 Å². The molecule has 2 rings (SSSR count). The Morgan fingerprint density at radius 2 is 2.20 bits per heavy atom. The van der Waals surface area contributed by atoms with E-state index in [2.05, 4.69) is 30.9 Å².